The second-order valence-corrected chi connectivity index (χ2v) is 4.20. The third-order valence-electron chi connectivity index (χ3n) is 2.14. The van der Waals surface area contributed by atoms with Gasteiger partial charge >= 0.3 is 0 Å². The van der Waals surface area contributed by atoms with Crippen molar-refractivity contribution in [3.05, 3.63) is 52.8 Å². The Balaban J connectivity index is 2.22. The van der Waals surface area contributed by atoms with E-state index in [1.54, 1.807) is 0 Å². The normalized spacial score (nSPS) is 11.1. The van der Waals surface area contributed by atoms with E-state index in [1.165, 1.54) is 0 Å². The number of aromatic nitrogens is 1. The van der Waals surface area contributed by atoms with Crippen LogP contribution in [0.4, 0.5) is 5.69 Å². The highest BCUT2D eigenvalue weighted by molar-refractivity contribution is 9.10. The summed E-state index contributed by atoms with van der Waals surface area (Å²) in [5.41, 5.74) is 2.04. The van der Waals surface area contributed by atoms with Gasteiger partial charge in [-0.1, -0.05) is 22.0 Å². The van der Waals surface area contributed by atoms with E-state index in [2.05, 4.69) is 20.9 Å². The summed E-state index contributed by atoms with van der Waals surface area (Å²) in [6.45, 7) is 0. The average molecular weight is 263 g/mol. The van der Waals surface area contributed by atoms with Crippen molar-refractivity contribution in [1.82, 2.24) is 4.57 Å². The molecule has 0 atom stereocenters. The Morgan fingerprint density at radius 2 is 2.13 bits per heavy atom. The molecule has 76 valence electrons. The maximum atomic E-state index is 4.39. The quantitative estimate of drug-likeness (QED) is 0.737. The number of hydrogen-bond acceptors (Lipinski definition) is 1. The first-order chi connectivity index (χ1) is 7.25. The number of hydrogen-bond donors (Lipinski definition) is 0. The van der Waals surface area contributed by atoms with E-state index >= 15 is 0 Å². The highest BCUT2D eigenvalue weighted by atomic mass is 79.9. The number of aliphatic imine (C=N–C) groups is 1. The fourth-order valence-corrected chi connectivity index (χ4v) is 1.69. The van der Waals surface area contributed by atoms with E-state index in [-0.39, 0.29) is 0 Å². The Kier molecular flexibility index (Phi) is 3.02. The molecule has 2 nitrogen and oxygen atoms in total. The maximum absolute atomic E-state index is 4.39. The number of aryl methyl sites for hydroxylation is 1. The van der Waals surface area contributed by atoms with Crippen LogP contribution in [0.5, 0.6) is 0 Å². The van der Waals surface area contributed by atoms with Crippen molar-refractivity contribution in [3.63, 3.8) is 0 Å². The van der Waals surface area contributed by atoms with Gasteiger partial charge in [-0.2, -0.15) is 0 Å². The first kappa shape index (κ1) is 10.2. The van der Waals surface area contributed by atoms with Gasteiger partial charge in [0.15, 0.2) is 0 Å². The van der Waals surface area contributed by atoms with E-state index in [4.69, 9.17) is 0 Å². The van der Waals surface area contributed by atoms with Crippen LogP contribution in [0.15, 0.2) is 52.1 Å². The molecule has 0 N–H and O–H groups in total. The minimum absolute atomic E-state index is 0.950. The number of benzene rings is 1. The van der Waals surface area contributed by atoms with Crippen LogP contribution >= 0.6 is 15.9 Å². The van der Waals surface area contributed by atoms with E-state index in [1.807, 2.05) is 60.4 Å². The minimum Gasteiger partial charge on any atom is -0.350 e. The first-order valence-corrected chi connectivity index (χ1v) is 5.46. The predicted molar refractivity (Wildman–Crippen MR) is 66.8 cm³/mol. The van der Waals surface area contributed by atoms with Crippen molar-refractivity contribution in [2.75, 3.05) is 0 Å². The highest BCUT2D eigenvalue weighted by Crippen LogP contribution is 2.18. The van der Waals surface area contributed by atoms with Crippen LogP contribution in [0.25, 0.3) is 0 Å². The van der Waals surface area contributed by atoms with Crippen molar-refractivity contribution in [2.24, 2.45) is 12.0 Å². The first-order valence-electron chi connectivity index (χ1n) is 4.67. The molecule has 0 saturated heterocycles. The SMILES string of the molecule is Cn1cccc1C=Nc1cccc(Br)c1. The highest BCUT2D eigenvalue weighted by Gasteiger charge is 1.92. The zero-order valence-electron chi connectivity index (χ0n) is 8.39. The molecule has 0 spiro atoms. The van der Waals surface area contributed by atoms with Gasteiger partial charge in [0.05, 0.1) is 17.6 Å². The molecule has 2 aromatic rings. The molecule has 0 aliphatic rings. The summed E-state index contributed by atoms with van der Waals surface area (Å²) in [5.74, 6) is 0. The van der Waals surface area contributed by atoms with Gasteiger partial charge in [0.25, 0.3) is 0 Å². The monoisotopic (exact) mass is 262 g/mol. The lowest BCUT2D eigenvalue weighted by Gasteiger charge is -1.96. The van der Waals surface area contributed by atoms with Gasteiger partial charge in [-0.3, -0.25) is 4.99 Å². The molecule has 0 fully saturated rings. The predicted octanol–water partition coefficient (Wildman–Crippen LogP) is 3.54. The molecule has 0 aliphatic carbocycles. The molecule has 1 heterocycles. The summed E-state index contributed by atoms with van der Waals surface area (Å²) in [7, 11) is 2.00. The zero-order valence-corrected chi connectivity index (χ0v) is 9.98. The van der Waals surface area contributed by atoms with Crippen LogP contribution in [0.1, 0.15) is 5.69 Å². The van der Waals surface area contributed by atoms with Crippen LogP contribution in [0.3, 0.4) is 0 Å². The lowest BCUT2D eigenvalue weighted by Crippen LogP contribution is -1.91. The van der Waals surface area contributed by atoms with Crippen LogP contribution < -0.4 is 0 Å². The van der Waals surface area contributed by atoms with Crippen molar-refractivity contribution in [2.45, 2.75) is 0 Å². The van der Waals surface area contributed by atoms with Gasteiger partial charge < -0.3 is 4.57 Å². The molecule has 0 saturated carbocycles. The molecular weight excluding hydrogens is 252 g/mol. The lowest BCUT2D eigenvalue weighted by molar-refractivity contribution is 0.918. The van der Waals surface area contributed by atoms with Gasteiger partial charge in [0.2, 0.25) is 0 Å². The smallest absolute Gasteiger partial charge is 0.0641 e. The summed E-state index contributed by atoms with van der Waals surface area (Å²) in [6.07, 6.45) is 3.87. The summed E-state index contributed by atoms with van der Waals surface area (Å²) < 4.78 is 3.07. The van der Waals surface area contributed by atoms with E-state index in [9.17, 15) is 0 Å². The third-order valence-corrected chi connectivity index (χ3v) is 2.63. The van der Waals surface area contributed by atoms with E-state index in [0.29, 0.717) is 0 Å². The number of nitrogens with zero attached hydrogens (tertiary/aromatic N) is 2. The lowest BCUT2D eigenvalue weighted by atomic mass is 10.3. The molecular formula is C12H11BrN2. The third kappa shape index (κ3) is 2.57. The average Bonchev–Trinajstić information content (AvgIpc) is 2.61. The molecule has 3 heteroatoms. The van der Waals surface area contributed by atoms with Crippen LogP contribution in [-0.4, -0.2) is 10.8 Å². The van der Waals surface area contributed by atoms with Gasteiger partial charge in [-0.25, -0.2) is 0 Å². The molecule has 0 aliphatic heterocycles. The summed E-state index contributed by atoms with van der Waals surface area (Å²) in [4.78, 5) is 4.39. The van der Waals surface area contributed by atoms with Crippen molar-refractivity contribution in [1.29, 1.82) is 0 Å². The fourth-order valence-electron chi connectivity index (χ4n) is 1.31. The largest absolute Gasteiger partial charge is 0.350 e. The number of rotatable bonds is 2. The molecule has 0 bridgehead atoms. The number of halogens is 1. The molecule has 0 radical (unpaired) electrons. The minimum atomic E-state index is 0.950. The summed E-state index contributed by atoms with van der Waals surface area (Å²) in [5, 5.41) is 0. The Hall–Kier alpha value is -1.35. The summed E-state index contributed by atoms with van der Waals surface area (Å²) in [6, 6.07) is 12.0. The molecule has 1 aromatic heterocycles. The molecule has 2 rings (SSSR count). The van der Waals surface area contributed by atoms with Crippen LogP contribution in [0.2, 0.25) is 0 Å². The Morgan fingerprint density at radius 3 is 2.80 bits per heavy atom. The fraction of sp³-hybridized carbons (Fsp3) is 0.0833. The van der Waals surface area contributed by atoms with E-state index < -0.39 is 0 Å². The van der Waals surface area contributed by atoms with Crippen molar-refractivity contribution >= 4 is 27.8 Å². The second-order valence-electron chi connectivity index (χ2n) is 3.28. The van der Waals surface area contributed by atoms with Gasteiger partial charge in [0.1, 0.15) is 0 Å². The topological polar surface area (TPSA) is 17.3 Å². The van der Waals surface area contributed by atoms with Crippen LogP contribution in [0, 0.1) is 0 Å². The van der Waals surface area contributed by atoms with Gasteiger partial charge in [0, 0.05) is 17.7 Å². The summed E-state index contributed by atoms with van der Waals surface area (Å²) >= 11 is 3.42. The second kappa shape index (κ2) is 4.45. The molecule has 15 heavy (non-hydrogen) atoms. The van der Waals surface area contributed by atoms with Crippen molar-refractivity contribution in [3.8, 4) is 0 Å². The maximum Gasteiger partial charge on any atom is 0.0641 e. The molecule has 0 unspecified atom stereocenters. The van der Waals surface area contributed by atoms with Gasteiger partial charge in [-0.05, 0) is 30.3 Å². The molecule has 1 aromatic carbocycles. The zero-order chi connectivity index (χ0) is 10.7. The molecule has 0 amide bonds. The Morgan fingerprint density at radius 1 is 1.27 bits per heavy atom. The van der Waals surface area contributed by atoms with Gasteiger partial charge in [-0.15, -0.1) is 0 Å². The van der Waals surface area contributed by atoms with E-state index in [0.717, 1.165) is 15.9 Å². The Labute approximate surface area is 97.4 Å². The Bertz CT molecular complexity index is 486. The standard InChI is InChI=1S/C12H11BrN2/c1-15-7-3-6-12(15)9-14-11-5-2-4-10(13)8-11/h2-9H,1H3. The van der Waals surface area contributed by atoms with Crippen LogP contribution in [-0.2, 0) is 7.05 Å². The van der Waals surface area contributed by atoms with Crippen molar-refractivity contribution < 1.29 is 0 Å².